The van der Waals surface area contributed by atoms with Gasteiger partial charge in [-0.2, -0.15) is 0 Å². The van der Waals surface area contributed by atoms with Gasteiger partial charge in [0.2, 0.25) is 0 Å². The number of rotatable bonds is 8. The average molecular weight is 531 g/mol. The van der Waals surface area contributed by atoms with E-state index in [0.29, 0.717) is 11.5 Å². The highest BCUT2D eigenvalue weighted by atomic mass is 16.5. The molecule has 0 radical (unpaired) electrons. The van der Waals surface area contributed by atoms with Crippen LogP contribution >= 0.6 is 0 Å². The second-order valence-corrected chi connectivity index (χ2v) is 9.40. The maximum atomic E-state index is 13.8. The summed E-state index contributed by atoms with van der Waals surface area (Å²) in [5.74, 6) is 1.30. The maximum absolute atomic E-state index is 13.8. The van der Waals surface area contributed by atoms with Crippen molar-refractivity contribution in [2.24, 2.45) is 0 Å². The van der Waals surface area contributed by atoms with E-state index in [1.165, 1.54) is 10.8 Å². The lowest BCUT2D eigenvalue weighted by Gasteiger charge is -2.36. The lowest BCUT2D eigenvalue weighted by atomic mass is 9.65. The highest BCUT2D eigenvalue weighted by Crippen LogP contribution is 2.44. The van der Waals surface area contributed by atoms with Gasteiger partial charge in [0.15, 0.2) is 0 Å². The Labute approximate surface area is 224 Å². The standard InChI is InChI=1S/C30H30N2O7/c1-37-22-12-8-20(9-13-22)30(19-6-4-3-5-7-19,21-10-14-23(38-2)15-11-21)24-17-32(29(36)31-28(24)35)27-16-25(34)26(18-33)39-27/h3-15,17,25-27,33-34H,16,18H2,1-2H3,(H,31,35,36)/t25-,26+,27+/m0/s1. The van der Waals surface area contributed by atoms with E-state index in [9.17, 15) is 19.8 Å². The molecule has 0 aliphatic carbocycles. The van der Waals surface area contributed by atoms with E-state index in [-0.39, 0.29) is 12.0 Å². The summed E-state index contributed by atoms with van der Waals surface area (Å²) < 4.78 is 17.9. The second-order valence-electron chi connectivity index (χ2n) is 9.40. The van der Waals surface area contributed by atoms with Crippen molar-refractivity contribution in [2.75, 3.05) is 20.8 Å². The Morgan fingerprint density at radius 3 is 1.92 bits per heavy atom. The first-order valence-electron chi connectivity index (χ1n) is 12.6. The molecule has 9 heteroatoms. The van der Waals surface area contributed by atoms with Crippen molar-refractivity contribution in [3.8, 4) is 11.5 Å². The van der Waals surface area contributed by atoms with Gasteiger partial charge in [0.05, 0.1) is 37.9 Å². The number of aromatic nitrogens is 2. The van der Waals surface area contributed by atoms with Gasteiger partial charge in [-0.15, -0.1) is 0 Å². The number of ether oxygens (including phenoxy) is 3. The van der Waals surface area contributed by atoms with Crippen molar-refractivity contribution in [1.82, 2.24) is 9.55 Å². The smallest absolute Gasteiger partial charge is 0.330 e. The topological polar surface area (TPSA) is 123 Å². The van der Waals surface area contributed by atoms with Crippen LogP contribution in [0.4, 0.5) is 0 Å². The van der Waals surface area contributed by atoms with E-state index in [0.717, 1.165) is 16.7 Å². The molecular formula is C30H30N2O7. The third kappa shape index (κ3) is 4.65. The molecule has 0 amide bonds. The van der Waals surface area contributed by atoms with E-state index in [1.807, 2.05) is 78.9 Å². The van der Waals surface area contributed by atoms with Gasteiger partial charge in [-0.25, -0.2) is 4.79 Å². The molecule has 202 valence electrons. The molecule has 0 bridgehead atoms. The number of aliphatic hydroxyl groups excluding tert-OH is 2. The molecule has 3 aromatic carbocycles. The minimum atomic E-state index is -1.17. The molecule has 3 atom stereocenters. The Kier molecular flexibility index (Phi) is 7.38. The van der Waals surface area contributed by atoms with Crippen LogP contribution < -0.4 is 20.7 Å². The van der Waals surface area contributed by atoms with Crippen LogP contribution in [0.25, 0.3) is 0 Å². The Morgan fingerprint density at radius 1 is 0.897 bits per heavy atom. The summed E-state index contributed by atoms with van der Waals surface area (Å²) in [6.07, 6.45) is -1.08. The van der Waals surface area contributed by atoms with E-state index in [2.05, 4.69) is 4.98 Å². The van der Waals surface area contributed by atoms with Crippen LogP contribution in [0.5, 0.6) is 11.5 Å². The largest absolute Gasteiger partial charge is 0.497 e. The lowest BCUT2D eigenvalue weighted by Crippen LogP contribution is -2.42. The monoisotopic (exact) mass is 530 g/mol. The van der Waals surface area contributed by atoms with Gasteiger partial charge in [0.1, 0.15) is 23.8 Å². The summed E-state index contributed by atoms with van der Waals surface area (Å²) in [7, 11) is 3.17. The van der Waals surface area contributed by atoms with E-state index in [1.54, 1.807) is 14.2 Å². The molecule has 3 N–H and O–H groups in total. The fraction of sp³-hybridized carbons (Fsp3) is 0.267. The molecule has 5 rings (SSSR count). The van der Waals surface area contributed by atoms with Gasteiger partial charge in [0.25, 0.3) is 5.56 Å². The van der Waals surface area contributed by atoms with Gasteiger partial charge in [0, 0.05) is 12.6 Å². The summed E-state index contributed by atoms with van der Waals surface area (Å²) in [5, 5.41) is 19.9. The Hall–Kier alpha value is -4.18. The number of nitrogens with zero attached hydrogens (tertiary/aromatic N) is 1. The third-order valence-electron chi connectivity index (χ3n) is 7.32. The zero-order valence-corrected chi connectivity index (χ0v) is 21.6. The molecular weight excluding hydrogens is 500 g/mol. The molecule has 9 nitrogen and oxygen atoms in total. The number of H-pyrrole nitrogens is 1. The zero-order valence-electron chi connectivity index (χ0n) is 21.6. The molecule has 39 heavy (non-hydrogen) atoms. The number of aromatic amines is 1. The fourth-order valence-electron chi connectivity index (χ4n) is 5.35. The number of nitrogens with one attached hydrogen (secondary N) is 1. The van der Waals surface area contributed by atoms with Crippen molar-refractivity contribution < 1.29 is 24.4 Å². The number of hydrogen-bond acceptors (Lipinski definition) is 7. The molecule has 2 heterocycles. The van der Waals surface area contributed by atoms with Gasteiger partial charge in [-0.05, 0) is 41.0 Å². The zero-order chi connectivity index (χ0) is 27.6. The third-order valence-corrected chi connectivity index (χ3v) is 7.32. The number of hydrogen-bond donors (Lipinski definition) is 3. The van der Waals surface area contributed by atoms with Crippen LogP contribution in [0, 0.1) is 0 Å². The highest BCUT2D eigenvalue weighted by Gasteiger charge is 2.42. The quantitative estimate of drug-likeness (QED) is 0.299. The van der Waals surface area contributed by atoms with E-state index < -0.39 is 41.7 Å². The van der Waals surface area contributed by atoms with Crippen LogP contribution in [0.1, 0.15) is 34.9 Å². The minimum absolute atomic E-state index is 0.0834. The normalized spacial score (nSPS) is 19.1. The van der Waals surface area contributed by atoms with Crippen LogP contribution in [0.2, 0.25) is 0 Å². The Bertz CT molecular complexity index is 1480. The summed E-state index contributed by atoms with van der Waals surface area (Å²) in [4.78, 5) is 29.3. The average Bonchev–Trinajstić information content (AvgIpc) is 3.35. The first-order valence-corrected chi connectivity index (χ1v) is 12.6. The molecule has 1 aliphatic rings. The molecule has 4 aromatic rings. The van der Waals surface area contributed by atoms with Crippen molar-refractivity contribution in [2.45, 2.75) is 30.3 Å². The van der Waals surface area contributed by atoms with Crippen LogP contribution in [-0.4, -0.2) is 52.8 Å². The molecule has 0 unspecified atom stereocenters. The predicted octanol–water partition coefficient (Wildman–Crippen LogP) is 2.58. The van der Waals surface area contributed by atoms with Gasteiger partial charge in [-0.3, -0.25) is 14.3 Å². The van der Waals surface area contributed by atoms with Crippen molar-refractivity contribution in [3.63, 3.8) is 0 Å². The van der Waals surface area contributed by atoms with Gasteiger partial charge < -0.3 is 24.4 Å². The van der Waals surface area contributed by atoms with Crippen molar-refractivity contribution in [3.05, 3.63) is 128 Å². The maximum Gasteiger partial charge on any atom is 0.330 e. The number of aliphatic hydroxyl groups is 2. The van der Waals surface area contributed by atoms with E-state index >= 15 is 0 Å². The van der Waals surface area contributed by atoms with Crippen LogP contribution in [0.15, 0.2) is 94.6 Å². The molecule has 1 saturated heterocycles. The fourth-order valence-corrected chi connectivity index (χ4v) is 5.35. The van der Waals surface area contributed by atoms with Crippen molar-refractivity contribution >= 4 is 0 Å². The molecule has 0 spiro atoms. The molecule has 0 saturated carbocycles. The number of benzene rings is 3. The summed E-state index contributed by atoms with van der Waals surface area (Å²) >= 11 is 0. The SMILES string of the molecule is COc1ccc(C(c2ccccc2)(c2ccc(OC)cc2)c2cn([C@H]3C[C@H](O)[C@@H](CO)O3)c(=O)[nH]c2=O)cc1. The van der Waals surface area contributed by atoms with Crippen molar-refractivity contribution in [1.29, 1.82) is 0 Å². The first kappa shape index (κ1) is 26.4. The minimum Gasteiger partial charge on any atom is -0.497 e. The predicted molar refractivity (Wildman–Crippen MR) is 144 cm³/mol. The summed E-state index contributed by atoms with van der Waals surface area (Å²) in [6, 6.07) is 24.4. The molecule has 1 aromatic heterocycles. The molecule has 1 aliphatic heterocycles. The lowest BCUT2D eigenvalue weighted by molar-refractivity contribution is -0.0460. The summed E-state index contributed by atoms with van der Waals surface area (Å²) in [6.45, 7) is -0.395. The Morgan fingerprint density at radius 2 is 1.44 bits per heavy atom. The Balaban J connectivity index is 1.84. The van der Waals surface area contributed by atoms with Crippen LogP contribution in [-0.2, 0) is 10.2 Å². The summed E-state index contributed by atoms with van der Waals surface area (Å²) in [5.41, 5.74) is 0.170. The highest BCUT2D eigenvalue weighted by molar-refractivity contribution is 5.59. The van der Waals surface area contributed by atoms with Crippen LogP contribution in [0.3, 0.4) is 0 Å². The first-order chi connectivity index (χ1) is 18.9. The van der Waals surface area contributed by atoms with Gasteiger partial charge >= 0.3 is 5.69 Å². The van der Waals surface area contributed by atoms with Gasteiger partial charge in [-0.1, -0.05) is 54.6 Å². The van der Waals surface area contributed by atoms with E-state index in [4.69, 9.17) is 14.2 Å². The second kappa shape index (κ2) is 10.9. The number of methoxy groups -OCH3 is 2. The molecule has 1 fully saturated rings.